The maximum atomic E-state index is 4.96. The van der Waals surface area contributed by atoms with Crippen LogP contribution in [0.2, 0.25) is 0 Å². The fourth-order valence-electron chi connectivity index (χ4n) is 3.59. The molecule has 0 atom stereocenters. The summed E-state index contributed by atoms with van der Waals surface area (Å²) in [6.45, 7) is 5.59. The van der Waals surface area contributed by atoms with Gasteiger partial charge in [0.25, 0.3) is 0 Å². The van der Waals surface area contributed by atoms with Crippen LogP contribution in [0.25, 0.3) is 0 Å². The van der Waals surface area contributed by atoms with Crippen LogP contribution in [0.5, 0.6) is 0 Å². The lowest BCUT2D eigenvalue weighted by atomic mass is 9.73. The number of imidazole rings is 1. The summed E-state index contributed by atoms with van der Waals surface area (Å²) in [6, 6.07) is 4.47. The van der Waals surface area contributed by atoms with Crippen LogP contribution in [0.1, 0.15) is 43.9 Å². The third-order valence-corrected chi connectivity index (χ3v) is 6.08. The van der Waals surface area contributed by atoms with Gasteiger partial charge in [0.1, 0.15) is 0 Å². The lowest BCUT2D eigenvalue weighted by Gasteiger charge is -2.35. The quantitative estimate of drug-likeness (QED) is 0.588. The third kappa shape index (κ3) is 4.84. The molecule has 1 aliphatic carbocycles. The molecule has 5 nitrogen and oxygen atoms in total. The molecule has 2 heterocycles. The number of hydrogen-bond donors (Lipinski definition) is 2. The van der Waals surface area contributed by atoms with E-state index < -0.39 is 0 Å². The van der Waals surface area contributed by atoms with Crippen LogP contribution in [0.3, 0.4) is 0 Å². The zero-order chi connectivity index (χ0) is 17.4. The number of aromatic nitrogens is 2. The number of aliphatic imine (C=N–C) groups is 1. The zero-order valence-corrected chi connectivity index (χ0v) is 15.9. The van der Waals surface area contributed by atoms with Crippen molar-refractivity contribution in [3.05, 3.63) is 41.1 Å². The molecule has 2 aromatic rings. The Balaban J connectivity index is 1.63. The van der Waals surface area contributed by atoms with E-state index in [1.165, 1.54) is 37.0 Å². The van der Waals surface area contributed by atoms with E-state index in [0.717, 1.165) is 32.1 Å². The fraction of sp³-hybridized carbons (Fsp3) is 0.579. The van der Waals surface area contributed by atoms with Crippen molar-refractivity contribution in [2.24, 2.45) is 4.99 Å². The van der Waals surface area contributed by atoms with Gasteiger partial charge in [-0.3, -0.25) is 4.99 Å². The molecule has 0 unspecified atom stereocenters. The summed E-state index contributed by atoms with van der Waals surface area (Å²) in [7, 11) is 0. The Morgan fingerprint density at radius 3 is 2.88 bits per heavy atom. The van der Waals surface area contributed by atoms with Crippen molar-refractivity contribution >= 4 is 17.3 Å². The molecule has 2 aromatic heterocycles. The van der Waals surface area contributed by atoms with Gasteiger partial charge in [0.2, 0.25) is 0 Å². The SMILES string of the molecule is CCNC(=NCC1(c2cccs2)CCCCC1)NCCn1ccnc1. The molecular formula is C19H29N5S. The molecule has 1 aliphatic rings. The van der Waals surface area contributed by atoms with Crippen LogP contribution in [0.4, 0.5) is 0 Å². The maximum absolute atomic E-state index is 4.96. The predicted octanol–water partition coefficient (Wildman–Crippen LogP) is 3.40. The van der Waals surface area contributed by atoms with Crippen LogP contribution in [0.15, 0.2) is 41.2 Å². The number of thiophene rings is 1. The van der Waals surface area contributed by atoms with Crippen LogP contribution in [0, 0.1) is 0 Å². The molecule has 0 spiro atoms. The lowest BCUT2D eigenvalue weighted by Crippen LogP contribution is -2.40. The van der Waals surface area contributed by atoms with Gasteiger partial charge >= 0.3 is 0 Å². The van der Waals surface area contributed by atoms with Gasteiger partial charge in [-0.2, -0.15) is 0 Å². The largest absolute Gasteiger partial charge is 0.357 e. The number of hydrogen-bond acceptors (Lipinski definition) is 3. The van der Waals surface area contributed by atoms with Crippen LogP contribution >= 0.6 is 11.3 Å². The topological polar surface area (TPSA) is 54.2 Å². The Morgan fingerprint density at radius 2 is 2.20 bits per heavy atom. The number of guanidine groups is 1. The van der Waals surface area contributed by atoms with E-state index in [9.17, 15) is 0 Å². The van der Waals surface area contributed by atoms with Gasteiger partial charge in [0, 0.05) is 42.3 Å². The summed E-state index contributed by atoms with van der Waals surface area (Å²) >= 11 is 1.89. The van der Waals surface area contributed by atoms with E-state index in [4.69, 9.17) is 4.99 Å². The molecule has 0 radical (unpaired) electrons. The smallest absolute Gasteiger partial charge is 0.191 e. The molecule has 0 aromatic carbocycles. The van der Waals surface area contributed by atoms with Gasteiger partial charge in [-0.25, -0.2) is 4.98 Å². The Labute approximate surface area is 154 Å². The Kier molecular flexibility index (Phi) is 6.50. The molecule has 0 bridgehead atoms. The van der Waals surface area contributed by atoms with E-state index in [-0.39, 0.29) is 5.41 Å². The normalized spacial score (nSPS) is 17.4. The highest BCUT2D eigenvalue weighted by Crippen LogP contribution is 2.41. The summed E-state index contributed by atoms with van der Waals surface area (Å²) in [6.07, 6.45) is 12.2. The van der Waals surface area contributed by atoms with Gasteiger partial charge in [-0.15, -0.1) is 11.3 Å². The molecule has 1 saturated carbocycles. The van der Waals surface area contributed by atoms with E-state index in [1.54, 1.807) is 0 Å². The highest BCUT2D eigenvalue weighted by molar-refractivity contribution is 7.10. The second kappa shape index (κ2) is 9.04. The molecule has 0 aliphatic heterocycles. The molecule has 2 N–H and O–H groups in total. The van der Waals surface area contributed by atoms with Crippen LogP contribution < -0.4 is 10.6 Å². The third-order valence-electron chi connectivity index (χ3n) is 4.96. The summed E-state index contributed by atoms with van der Waals surface area (Å²) in [5, 5.41) is 9.04. The van der Waals surface area contributed by atoms with Gasteiger partial charge in [0.15, 0.2) is 5.96 Å². The lowest BCUT2D eigenvalue weighted by molar-refractivity contribution is 0.306. The van der Waals surface area contributed by atoms with Crippen molar-refractivity contribution in [2.45, 2.75) is 51.0 Å². The number of nitrogens with zero attached hydrogens (tertiary/aromatic N) is 3. The van der Waals surface area contributed by atoms with E-state index in [2.05, 4.69) is 44.6 Å². The van der Waals surface area contributed by atoms with Gasteiger partial charge in [-0.1, -0.05) is 25.3 Å². The fourth-order valence-corrected chi connectivity index (χ4v) is 4.57. The average molecular weight is 360 g/mol. The van der Waals surface area contributed by atoms with Crippen molar-refractivity contribution in [2.75, 3.05) is 19.6 Å². The number of nitrogens with one attached hydrogen (secondary N) is 2. The van der Waals surface area contributed by atoms with Gasteiger partial charge < -0.3 is 15.2 Å². The predicted molar refractivity (Wildman–Crippen MR) is 105 cm³/mol. The summed E-state index contributed by atoms with van der Waals surface area (Å²) in [5.41, 5.74) is 0.235. The van der Waals surface area contributed by atoms with Crippen LogP contribution in [-0.4, -0.2) is 35.1 Å². The molecule has 6 heteroatoms. The van der Waals surface area contributed by atoms with Crippen molar-refractivity contribution in [1.82, 2.24) is 20.2 Å². The first-order valence-electron chi connectivity index (χ1n) is 9.34. The molecular weight excluding hydrogens is 330 g/mol. The second-order valence-electron chi connectivity index (χ2n) is 6.74. The van der Waals surface area contributed by atoms with Crippen molar-refractivity contribution in [3.63, 3.8) is 0 Å². The Morgan fingerprint density at radius 1 is 1.32 bits per heavy atom. The monoisotopic (exact) mass is 359 g/mol. The zero-order valence-electron chi connectivity index (χ0n) is 15.1. The minimum atomic E-state index is 0.235. The minimum absolute atomic E-state index is 0.235. The summed E-state index contributed by atoms with van der Waals surface area (Å²) in [5.74, 6) is 0.920. The van der Waals surface area contributed by atoms with E-state index in [0.29, 0.717) is 0 Å². The van der Waals surface area contributed by atoms with Crippen molar-refractivity contribution in [3.8, 4) is 0 Å². The standard InChI is InChI=1S/C19H29N5S/c1-2-21-18(22-11-13-24-12-10-20-16-24)23-15-19(8-4-3-5-9-19)17-7-6-14-25-17/h6-7,10,12,14,16H,2-5,8-9,11,13,15H2,1H3,(H2,21,22,23). The molecule has 0 saturated heterocycles. The summed E-state index contributed by atoms with van der Waals surface area (Å²) < 4.78 is 2.07. The van der Waals surface area contributed by atoms with Crippen molar-refractivity contribution < 1.29 is 0 Å². The minimum Gasteiger partial charge on any atom is -0.357 e. The molecule has 0 amide bonds. The highest BCUT2D eigenvalue weighted by atomic mass is 32.1. The highest BCUT2D eigenvalue weighted by Gasteiger charge is 2.34. The Bertz CT molecular complexity index is 627. The van der Waals surface area contributed by atoms with Crippen LogP contribution in [-0.2, 0) is 12.0 Å². The first-order valence-corrected chi connectivity index (χ1v) is 10.2. The van der Waals surface area contributed by atoms with E-state index in [1.807, 2.05) is 30.1 Å². The van der Waals surface area contributed by atoms with E-state index >= 15 is 0 Å². The molecule has 3 rings (SSSR count). The first kappa shape index (κ1) is 18.0. The number of rotatable bonds is 7. The molecule has 25 heavy (non-hydrogen) atoms. The molecule has 1 fully saturated rings. The average Bonchev–Trinajstić information content (AvgIpc) is 3.34. The van der Waals surface area contributed by atoms with Crippen molar-refractivity contribution in [1.29, 1.82) is 0 Å². The Hall–Kier alpha value is -1.82. The summed E-state index contributed by atoms with van der Waals surface area (Å²) in [4.78, 5) is 10.5. The maximum Gasteiger partial charge on any atom is 0.191 e. The first-order chi connectivity index (χ1) is 12.3. The second-order valence-corrected chi connectivity index (χ2v) is 7.69. The van der Waals surface area contributed by atoms with Gasteiger partial charge in [0.05, 0.1) is 12.9 Å². The van der Waals surface area contributed by atoms with Gasteiger partial charge in [-0.05, 0) is 31.2 Å². The molecule has 136 valence electrons.